The molecule has 2 saturated heterocycles. The molecular weight excluding hydrogens is 186 g/mol. The predicted octanol–water partition coefficient (Wildman–Crippen LogP) is 3.07. The van der Waals surface area contributed by atoms with Gasteiger partial charge in [-0.15, -0.1) is 0 Å². The number of rotatable bonds is 0. The van der Waals surface area contributed by atoms with Crippen LogP contribution < -0.4 is 5.32 Å². The fraction of sp³-hybridized carbons (Fsp3) is 1.00. The Kier molecular flexibility index (Phi) is 10.4. The Hall–Kier alpha value is -0.0800. The third-order valence-corrected chi connectivity index (χ3v) is 2.79. The van der Waals surface area contributed by atoms with Crippen molar-refractivity contribution >= 4 is 0 Å². The van der Waals surface area contributed by atoms with Gasteiger partial charge in [-0.05, 0) is 44.2 Å². The van der Waals surface area contributed by atoms with E-state index in [0.29, 0.717) is 0 Å². The van der Waals surface area contributed by atoms with Gasteiger partial charge in [-0.2, -0.15) is 0 Å². The maximum absolute atomic E-state index is 5.06. The molecule has 0 amide bonds. The van der Waals surface area contributed by atoms with Crippen LogP contribution >= 0.6 is 0 Å². The molecule has 0 aromatic carbocycles. The van der Waals surface area contributed by atoms with Crippen LogP contribution in [-0.2, 0) is 4.74 Å². The van der Waals surface area contributed by atoms with Gasteiger partial charge in [0.2, 0.25) is 0 Å². The summed E-state index contributed by atoms with van der Waals surface area (Å²) in [7, 11) is 0. The second kappa shape index (κ2) is 10.4. The summed E-state index contributed by atoms with van der Waals surface area (Å²) >= 11 is 0. The zero-order valence-electron chi connectivity index (χ0n) is 11.0. The highest BCUT2D eigenvalue weighted by Gasteiger charge is 2.07. The van der Waals surface area contributed by atoms with E-state index in [4.69, 9.17) is 4.74 Å². The van der Waals surface area contributed by atoms with Gasteiger partial charge >= 0.3 is 0 Å². The second-order valence-electron chi connectivity index (χ2n) is 4.40. The van der Waals surface area contributed by atoms with Crippen LogP contribution in [0.5, 0.6) is 0 Å². The Morgan fingerprint density at radius 2 is 1.53 bits per heavy atom. The molecule has 0 aromatic rings. The summed E-state index contributed by atoms with van der Waals surface area (Å²) in [5, 5.41) is 3.32. The van der Waals surface area contributed by atoms with Crippen molar-refractivity contribution in [1.82, 2.24) is 5.32 Å². The summed E-state index contributed by atoms with van der Waals surface area (Å²) in [5.41, 5.74) is 0. The second-order valence-corrected chi connectivity index (χ2v) is 4.40. The highest BCUT2D eigenvalue weighted by atomic mass is 16.5. The average Bonchev–Trinajstić information content (AvgIpc) is 2.74. The van der Waals surface area contributed by atoms with Gasteiger partial charge in [-0.25, -0.2) is 0 Å². The summed E-state index contributed by atoms with van der Waals surface area (Å²) in [5.74, 6) is 1.80. The van der Waals surface area contributed by atoms with Crippen molar-refractivity contribution in [3.05, 3.63) is 0 Å². The molecule has 92 valence electrons. The van der Waals surface area contributed by atoms with Crippen molar-refractivity contribution in [1.29, 1.82) is 0 Å². The molecule has 1 N–H and O–H groups in total. The Balaban J connectivity index is 0.000000227. The van der Waals surface area contributed by atoms with E-state index in [9.17, 15) is 0 Å². The smallest absolute Gasteiger partial charge is 0.0492 e. The zero-order valence-corrected chi connectivity index (χ0v) is 11.0. The first-order chi connectivity index (χ1) is 7.29. The van der Waals surface area contributed by atoms with Crippen LogP contribution in [0.2, 0.25) is 0 Å². The molecule has 15 heavy (non-hydrogen) atoms. The third-order valence-electron chi connectivity index (χ3n) is 2.79. The fourth-order valence-electron chi connectivity index (χ4n) is 1.62. The molecule has 0 aliphatic carbocycles. The van der Waals surface area contributed by atoms with E-state index in [1.807, 2.05) is 13.8 Å². The lowest BCUT2D eigenvalue weighted by Gasteiger charge is -2.17. The molecule has 0 radical (unpaired) electrons. The Bertz CT molecular complexity index is 116. The average molecular weight is 215 g/mol. The van der Waals surface area contributed by atoms with Crippen LogP contribution in [0.1, 0.15) is 47.0 Å². The molecule has 2 rings (SSSR count). The van der Waals surface area contributed by atoms with E-state index in [2.05, 4.69) is 19.2 Å². The summed E-state index contributed by atoms with van der Waals surface area (Å²) in [4.78, 5) is 0. The molecule has 1 unspecified atom stereocenters. The molecule has 2 nitrogen and oxygen atoms in total. The van der Waals surface area contributed by atoms with Crippen molar-refractivity contribution in [3.8, 4) is 0 Å². The standard InChI is InChI=1S/C6H13N.C5H10O.C2H6/c1-6-2-4-7-5-3-6;1-5-2-3-6-4-5;1-2/h6-7H,2-5H2,1H3;5H,2-4H2,1H3;1-2H3. The van der Waals surface area contributed by atoms with Crippen molar-refractivity contribution in [2.75, 3.05) is 26.3 Å². The number of hydrogen-bond donors (Lipinski definition) is 1. The Labute approximate surface area is 95.8 Å². The summed E-state index contributed by atoms with van der Waals surface area (Å²) in [6, 6.07) is 0. The van der Waals surface area contributed by atoms with E-state index >= 15 is 0 Å². The van der Waals surface area contributed by atoms with Gasteiger partial charge < -0.3 is 10.1 Å². The number of hydrogen-bond acceptors (Lipinski definition) is 2. The van der Waals surface area contributed by atoms with Crippen LogP contribution in [0.3, 0.4) is 0 Å². The molecule has 2 heteroatoms. The lowest BCUT2D eigenvalue weighted by atomic mass is 10.0. The van der Waals surface area contributed by atoms with Gasteiger partial charge in [0.25, 0.3) is 0 Å². The molecule has 0 spiro atoms. The van der Waals surface area contributed by atoms with Gasteiger partial charge in [0, 0.05) is 13.2 Å². The topological polar surface area (TPSA) is 21.3 Å². The normalized spacial score (nSPS) is 26.0. The van der Waals surface area contributed by atoms with Crippen LogP contribution in [0, 0.1) is 11.8 Å². The third kappa shape index (κ3) is 8.88. The minimum absolute atomic E-state index is 0.824. The van der Waals surface area contributed by atoms with E-state index in [0.717, 1.165) is 25.0 Å². The minimum atomic E-state index is 0.824. The SMILES string of the molecule is CC.CC1CCNCC1.CC1CCOC1. The van der Waals surface area contributed by atoms with Gasteiger partial charge in [0.05, 0.1) is 0 Å². The highest BCUT2D eigenvalue weighted by molar-refractivity contribution is 4.62. The molecule has 2 fully saturated rings. The fourth-order valence-corrected chi connectivity index (χ4v) is 1.62. The molecule has 0 saturated carbocycles. The molecule has 2 aliphatic rings. The predicted molar refractivity (Wildman–Crippen MR) is 67.2 cm³/mol. The number of ether oxygens (including phenoxy) is 1. The van der Waals surface area contributed by atoms with Crippen molar-refractivity contribution in [2.45, 2.75) is 47.0 Å². The maximum Gasteiger partial charge on any atom is 0.0492 e. The number of piperidine rings is 1. The van der Waals surface area contributed by atoms with Crippen molar-refractivity contribution in [2.24, 2.45) is 11.8 Å². The molecule has 0 bridgehead atoms. The quantitative estimate of drug-likeness (QED) is 0.670. The van der Waals surface area contributed by atoms with Gasteiger partial charge in [-0.1, -0.05) is 27.7 Å². The molecule has 2 heterocycles. The molecule has 1 atom stereocenters. The summed E-state index contributed by atoms with van der Waals surface area (Å²) in [6.45, 7) is 13.0. The molecule has 0 aromatic heterocycles. The first-order valence-electron chi connectivity index (χ1n) is 6.57. The molecular formula is C13H29NO. The minimum Gasteiger partial charge on any atom is -0.381 e. The van der Waals surface area contributed by atoms with Crippen LogP contribution in [0.25, 0.3) is 0 Å². The van der Waals surface area contributed by atoms with E-state index in [1.165, 1.54) is 32.4 Å². The van der Waals surface area contributed by atoms with E-state index in [1.54, 1.807) is 0 Å². The van der Waals surface area contributed by atoms with Gasteiger partial charge in [-0.3, -0.25) is 0 Å². The van der Waals surface area contributed by atoms with Gasteiger partial charge in [0.15, 0.2) is 0 Å². The van der Waals surface area contributed by atoms with E-state index < -0.39 is 0 Å². The summed E-state index contributed by atoms with van der Waals surface area (Å²) < 4.78 is 5.06. The Morgan fingerprint density at radius 3 is 1.73 bits per heavy atom. The first kappa shape index (κ1) is 14.9. The Morgan fingerprint density at radius 1 is 0.933 bits per heavy atom. The number of nitrogens with one attached hydrogen (secondary N) is 1. The van der Waals surface area contributed by atoms with Crippen LogP contribution in [0.15, 0.2) is 0 Å². The van der Waals surface area contributed by atoms with E-state index in [-0.39, 0.29) is 0 Å². The van der Waals surface area contributed by atoms with Crippen LogP contribution in [-0.4, -0.2) is 26.3 Å². The monoisotopic (exact) mass is 215 g/mol. The van der Waals surface area contributed by atoms with Gasteiger partial charge in [0.1, 0.15) is 0 Å². The molecule has 2 aliphatic heterocycles. The van der Waals surface area contributed by atoms with Crippen molar-refractivity contribution < 1.29 is 4.74 Å². The highest BCUT2D eigenvalue weighted by Crippen LogP contribution is 2.09. The first-order valence-corrected chi connectivity index (χ1v) is 6.57. The summed E-state index contributed by atoms with van der Waals surface area (Å²) in [6.07, 6.45) is 4.01. The lowest BCUT2D eigenvalue weighted by molar-refractivity contribution is 0.188. The zero-order chi connectivity index (χ0) is 11.5. The largest absolute Gasteiger partial charge is 0.381 e. The van der Waals surface area contributed by atoms with Crippen LogP contribution in [0.4, 0.5) is 0 Å². The maximum atomic E-state index is 5.06. The lowest BCUT2D eigenvalue weighted by Crippen LogP contribution is -2.26. The van der Waals surface area contributed by atoms with Crippen molar-refractivity contribution in [3.63, 3.8) is 0 Å².